The molecule has 5 rings (SSSR count). The van der Waals surface area contributed by atoms with Gasteiger partial charge in [0, 0.05) is 23.9 Å². The third kappa shape index (κ3) is 2.42. The van der Waals surface area contributed by atoms with Gasteiger partial charge in [0.1, 0.15) is 11.5 Å². The Morgan fingerprint density at radius 3 is 2.88 bits per heavy atom. The van der Waals surface area contributed by atoms with Crippen molar-refractivity contribution in [3.8, 4) is 22.8 Å². The minimum Gasteiger partial charge on any atom is -0.463 e. The van der Waals surface area contributed by atoms with Crippen LogP contribution in [-0.2, 0) is 17.7 Å². The van der Waals surface area contributed by atoms with Crippen molar-refractivity contribution in [1.82, 2.24) is 19.7 Å². The zero-order valence-corrected chi connectivity index (χ0v) is 13.6. The van der Waals surface area contributed by atoms with Crippen LogP contribution >= 0.6 is 0 Å². The van der Waals surface area contributed by atoms with Gasteiger partial charge in [-0.05, 0) is 24.3 Å². The molecule has 6 heteroatoms. The van der Waals surface area contributed by atoms with Crippen LogP contribution in [0, 0.1) is 0 Å². The molecule has 0 unspecified atom stereocenters. The van der Waals surface area contributed by atoms with Gasteiger partial charge in [-0.25, -0.2) is 4.98 Å². The van der Waals surface area contributed by atoms with Crippen LogP contribution < -0.4 is 0 Å². The van der Waals surface area contributed by atoms with Crippen LogP contribution in [0.1, 0.15) is 5.82 Å². The molecular formula is C19H16N4O2. The second-order valence-electron chi connectivity index (χ2n) is 6.00. The summed E-state index contributed by atoms with van der Waals surface area (Å²) in [5.41, 5.74) is 2.71. The van der Waals surface area contributed by atoms with Crippen LogP contribution in [0.15, 0.2) is 53.1 Å². The van der Waals surface area contributed by atoms with Crippen molar-refractivity contribution >= 4 is 10.9 Å². The number of fused-ring (bicyclic) bond motifs is 2. The van der Waals surface area contributed by atoms with E-state index in [1.165, 1.54) is 0 Å². The molecule has 3 aromatic heterocycles. The molecule has 0 bridgehead atoms. The van der Waals surface area contributed by atoms with Crippen LogP contribution in [-0.4, -0.2) is 33.0 Å². The fourth-order valence-electron chi connectivity index (χ4n) is 3.29. The highest BCUT2D eigenvalue weighted by atomic mass is 16.5. The van der Waals surface area contributed by atoms with Crippen LogP contribution in [0.4, 0.5) is 0 Å². The predicted molar refractivity (Wildman–Crippen MR) is 93.0 cm³/mol. The molecule has 4 aromatic rings. The topological polar surface area (TPSA) is 66.0 Å². The molecule has 124 valence electrons. The summed E-state index contributed by atoms with van der Waals surface area (Å²) in [6.07, 6.45) is 2.44. The molecule has 0 fully saturated rings. The third-order valence-electron chi connectivity index (χ3n) is 4.49. The number of pyridine rings is 1. The summed E-state index contributed by atoms with van der Waals surface area (Å²) in [6, 6.07) is 13.9. The van der Waals surface area contributed by atoms with E-state index in [1.54, 1.807) is 6.26 Å². The number of furan rings is 1. The SMILES string of the molecule is c1coc(-c2cc(-c3nnc4n3CCOCC4)c3ccccc3n2)c1. The summed E-state index contributed by atoms with van der Waals surface area (Å²) in [7, 11) is 0. The zero-order chi connectivity index (χ0) is 16.6. The molecule has 6 nitrogen and oxygen atoms in total. The molecule has 1 aromatic carbocycles. The molecule has 4 heterocycles. The van der Waals surface area contributed by atoms with E-state index in [9.17, 15) is 0 Å². The van der Waals surface area contributed by atoms with Gasteiger partial charge >= 0.3 is 0 Å². The monoisotopic (exact) mass is 332 g/mol. The van der Waals surface area contributed by atoms with Crippen LogP contribution in [0.2, 0.25) is 0 Å². The lowest BCUT2D eigenvalue weighted by molar-refractivity contribution is 0.140. The summed E-state index contributed by atoms with van der Waals surface area (Å²) in [5, 5.41) is 9.92. The van der Waals surface area contributed by atoms with Crippen molar-refractivity contribution in [2.24, 2.45) is 0 Å². The molecule has 0 radical (unpaired) electrons. The molecule has 1 aliphatic heterocycles. The van der Waals surface area contributed by atoms with E-state index in [4.69, 9.17) is 14.1 Å². The number of hydrogen-bond donors (Lipinski definition) is 0. The zero-order valence-electron chi connectivity index (χ0n) is 13.6. The summed E-state index contributed by atoms with van der Waals surface area (Å²) in [5.74, 6) is 2.56. The quantitative estimate of drug-likeness (QED) is 0.563. The highest BCUT2D eigenvalue weighted by molar-refractivity contribution is 5.94. The number of ether oxygens (including phenoxy) is 1. The number of benzene rings is 1. The Balaban J connectivity index is 1.77. The van der Waals surface area contributed by atoms with Crippen LogP contribution in [0.5, 0.6) is 0 Å². The first kappa shape index (κ1) is 14.4. The summed E-state index contributed by atoms with van der Waals surface area (Å²) >= 11 is 0. The van der Waals surface area contributed by atoms with E-state index in [0.29, 0.717) is 13.2 Å². The van der Waals surface area contributed by atoms with Gasteiger partial charge in [0.15, 0.2) is 11.6 Å². The molecule has 0 saturated carbocycles. The molecule has 0 aliphatic carbocycles. The second kappa shape index (κ2) is 5.82. The van der Waals surface area contributed by atoms with Gasteiger partial charge in [0.2, 0.25) is 0 Å². The van der Waals surface area contributed by atoms with Crippen molar-refractivity contribution in [2.45, 2.75) is 13.0 Å². The number of aromatic nitrogens is 4. The highest BCUT2D eigenvalue weighted by Crippen LogP contribution is 2.32. The summed E-state index contributed by atoms with van der Waals surface area (Å²) in [4.78, 5) is 4.74. The molecule has 0 N–H and O–H groups in total. The summed E-state index contributed by atoms with van der Waals surface area (Å²) in [6.45, 7) is 2.11. The van der Waals surface area contributed by atoms with Gasteiger partial charge in [-0.2, -0.15) is 0 Å². The second-order valence-corrected chi connectivity index (χ2v) is 6.00. The Kier molecular flexibility index (Phi) is 3.34. The average Bonchev–Trinajstić information content (AvgIpc) is 3.26. The van der Waals surface area contributed by atoms with Gasteiger partial charge in [0.05, 0.1) is 25.0 Å². The van der Waals surface area contributed by atoms with Gasteiger partial charge in [-0.3, -0.25) is 0 Å². The van der Waals surface area contributed by atoms with Crippen molar-refractivity contribution in [2.75, 3.05) is 13.2 Å². The van der Waals surface area contributed by atoms with Gasteiger partial charge < -0.3 is 13.7 Å². The molecule has 25 heavy (non-hydrogen) atoms. The molecule has 0 spiro atoms. The highest BCUT2D eigenvalue weighted by Gasteiger charge is 2.19. The third-order valence-corrected chi connectivity index (χ3v) is 4.49. The fourth-order valence-corrected chi connectivity index (χ4v) is 3.29. The van der Waals surface area contributed by atoms with Crippen LogP contribution in [0.3, 0.4) is 0 Å². The maximum absolute atomic E-state index is 5.58. The van der Waals surface area contributed by atoms with Crippen molar-refractivity contribution < 1.29 is 9.15 Å². The Bertz CT molecular complexity index is 1040. The van der Waals surface area contributed by atoms with Crippen LogP contribution in [0.25, 0.3) is 33.7 Å². The smallest absolute Gasteiger partial charge is 0.164 e. The standard InChI is InChI=1S/C19H16N4O2/c1-2-5-15-13(4-1)14(12-16(20-15)17-6-3-9-25-17)19-22-21-18-7-10-24-11-8-23(18)19/h1-6,9,12H,7-8,10-11H2. The number of para-hydroxylation sites is 1. The normalized spacial score (nSPS) is 14.4. The first-order chi connectivity index (χ1) is 12.4. The maximum atomic E-state index is 5.58. The fraction of sp³-hybridized carbons (Fsp3) is 0.211. The number of nitrogens with zero attached hydrogens (tertiary/aromatic N) is 4. The van der Waals surface area contributed by atoms with E-state index in [-0.39, 0.29) is 0 Å². The first-order valence-electron chi connectivity index (χ1n) is 8.34. The number of rotatable bonds is 2. The van der Waals surface area contributed by atoms with Crippen molar-refractivity contribution in [3.05, 3.63) is 54.6 Å². The minimum atomic E-state index is 0.673. The first-order valence-corrected chi connectivity index (χ1v) is 8.34. The molecule has 0 atom stereocenters. The van der Waals surface area contributed by atoms with Crippen molar-refractivity contribution in [1.29, 1.82) is 0 Å². The Hall–Kier alpha value is -2.99. The van der Waals surface area contributed by atoms with E-state index in [0.717, 1.165) is 52.5 Å². The molecule has 0 amide bonds. The lowest BCUT2D eigenvalue weighted by Crippen LogP contribution is -2.06. The van der Waals surface area contributed by atoms with Gasteiger partial charge in [0.25, 0.3) is 0 Å². The average molecular weight is 332 g/mol. The van der Waals surface area contributed by atoms with Crippen molar-refractivity contribution in [3.63, 3.8) is 0 Å². The number of hydrogen-bond acceptors (Lipinski definition) is 5. The maximum Gasteiger partial charge on any atom is 0.164 e. The van der Waals surface area contributed by atoms with E-state index in [1.807, 2.05) is 36.4 Å². The van der Waals surface area contributed by atoms with E-state index < -0.39 is 0 Å². The lowest BCUT2D eigenvalue weighted by Gasteiger charge is -2.10. The molecule has 1 aliphatic rings. The Morgan fingerprint density at radius 1 is 1.00 bits per heavy atom. The van der Waals surface area contributed by atoms with E-state index >= 15 is 0 Å². The molecule has 0 saturated heterocycles. The van der Waals surface area contributed by atoms with Gasteiger partial charge in [-0.15, -0.1) is 10.2 Å². The van der Waals surface area contributed by atoms with E-state index in [2.05, 4.69) is 20.8 Å². The minimum absolute atomic E-state index is 0.673. The Morgan fingerprint density at radius 2 is 1.96 bits per heavy atom. The predicted octanol–water partition coefficient (Wildman–Crippen LogP) is 3.33. The molecular weight excluding hydrogens is 316 g/mol. The summed E-state index contributed by atoms with van der Waals surface area (Å²) < 4.78 is 13.3. The Labute approximate surface area is 144 Å². The lowest BCUT2D eigenvalue weighted by atomic mass is 10.1. The van der Waals surface area contributed by atoms with Gasteiger partial charge in [-0.1, -0.05) is 18.2 Å². The largest absolute Gasteiger partial charge is 0.463 e.